The number of nitrogens with zero attached hydrogens (tertiary/aromatic N) is 4. The number of sulfonamides is 1. The molecule has 0 unspecified atom stereocenters. The molecule has 0 amide bonds. The van der Waals surface area contributed by atoms with Crippen LogP contribution in [0.2, 0.25) is 0 Å². The van der Waals surface area contributed by atoms with E-state index in [0.717, 1.165) is 28.3 Å². The van der Waals surface area contributed by atoms with Crippen LogP contribution < -0.4 is 10.4 Å². The lowest BCUT2D eigenvalue weighted by Crippen LogP contribution is -2.28. The number of aromatic nitrogens is 4. The van der Waals surface area contributed by atoms with Crippen LogP contribution >= 0.6 is 0 Å². The summed E-state index contributed by atoms with van der Waals surface area (Å²) >= 11 is 0. The molecule has 0 aliphatic carbocycles. The zero-order valence-corrected chi connectivity index (χ0v) is 17.2. The van der Waals surface area contributed by atoms with Gasteiger partial charge in [-0.15, -0.1) is 0 Å². The molecule has 9 heteroatoms. The van der Waals surface area contributed by atoms with Gasteiger partial charge in [0, 0.05) is 19.6 Å². The van der Waals surface area contributed by atoms with E-state index in [0.29, 0.717) is 25.5 Å². The molecule has 0 atom stereocenters. The van der Waals surface area contributed by atoms with Crippen LogP contribution in [-0.2, 0) is 29.7 Å². The topological polar surface area (TPSA) is 90.9 Å². The molecular formula is C20H23N5O3S. The van der Waals surface area contributed by atoms with Gasteiger partial charge in [-0.1, -0.05) is 24.3 Å². The van der Waals surface area contributed by atoms with Crippen molar-refractivity contribution in [3.8, 4) is 0 Å². The Morgan fingerprint density at radius 1 is 0.931 bits per heavy atom. The molecule has 29 heavy (non-hydrogen) atoms. The third-order valence-electron chi connectivity index (χ3n) is 4.97. The Bertz CT molecular complexity index is 1350. The minimum atomic E-state index is -3.28. The number of aryl methyl sites for hydroxylation is 1. The average molecular weight is 414 g/mol. The maximum absolute atomic E-state index is 13.0. The first-order valence-corrected chi connectivity index (χ1v) is 11.3. The minimum Gasteiger partial charge on any atom is -0.325 e. The molecule has 4 aromatic rings. The van der Waals surface area contributed by atoms with Crippen molar-refractivity contribution in [1.82, 2.24) is 23.4 Å². The monoisotopic (exact) mass is 413 g/mol. The first-order chi connectivity index (χ1) is 13.9. The van der Waals surface area contributed by atoms with Crippen molar-refractivity contribution in [3.63, 3.8) is 0 Å². The van der Waals surface area contributed by atoms with Gasteiger partial charge in [0.05, 0.1) is 34.9 Å². The third-order valence-corrected chi connectivity index (χ3v) is 5.70. The molecule has 2 heterocycles. The molecule has 0 spiro atoms. The first-order valence-electron chi connectivity index (χ1n) is 9.46. The van der Waals surface area contributed by atoms with Gasteiger partial charge in [-0.25, -0.2) is 22.9 Å². The van der Waals surface area contributed by atoms with Crippen LogP contribution in [0.3, 0.4) is 0 Å². The number of para-hydroxylation sites is 4. The number of imidazole rings is 2. The Labute approximate surface area is 168 Å². The summed E-state index contributed by atoms with van der Waals surface area (Å²) in [4.78, 5) is 17.7. The Morgan fingerprint density at radius 2 is 1.55 bits per heavy atom. The minimum absolute atomic E-state index is 0.0819. The van der Waals surface area contributed by atoms with E-state index < -0.39 is 10.0 Å². The predicted molar refractivity (Wildman–Crippen MR) is 114 cm³/mol. The molecule has 4 rings (SSSR count). The van der Waals surface area contributed by atoms with Crippen LogP contribution in [0.5, 0.6) is 0 Å². The van der Waals surface area contributed by atoms with Gasteiger partial charge in [0.15, 0.2) is 0 Å². The van der Waals surface area contributed by atoms with Crippen molar-refractivity contribution in [3.05, 3.63) is 64.8 Å². The summed E-state index contributed by atoms with van der Waals surface area (Å²) < 4.78 is 30.8. The quantitative estimate of drug-likeness (QED) is 0.500. The summed E-state index contributed by atoms with van der Waals surface area (Å²) in [5.74, 6) is 0.711. The zero-order valence-electron chi connectivity index (χ0n) is 16.4. The lowest BCUT2D eigenvalue weighted by molar-refractivity contribution is 0.572. The van der Waals surface area contributed by atoms with Gasteiger partial charge in [0.1, 0.15) is 5.82 Å². The van der Waals surface area contributed by atoms with Gasteiger partial charge in [-0.3, -0.25) is 9.13 Å². The SMILES string of the molecule is CCn1c(=O)n(Cc2nc3ccccc3n2CCNS(C)(=O)=O)c2ccccc21. The van der Waals surface area contributed by atoms with E-state index in [-0.39, 0.29) is 12.2 Å². The normalized spacial score (nSPS) is 12.2. The Kier molecular flexibility index (Phi) is 5.01. The number of hydrogen-bond acceptors (Lipinski definition) is 4. The molecule has 0 aliphatic heterocycles. The maximum Gasteiger partial charge on any atom is 0.329 e. The van der Waals surface area contributed by atoms with Crippen LogP contribution in [0.15, 0.2) is 53.3 Å². The molecule has 8 nitrogen and oxygen atoms in total. The van der Waals surface area contributed by atoms with Crippen LogP contribution in [0.25, 0.3) is 22.1 Å². The predicted octanol–water partition coefficient (Wildman–Crippen LogP) is 1.77. The van der Waals surface area contributed by atoms with Gasteiger partial charge in [-0.2, -0.15) is 0 Å². The van der Waals surface area contributed by atoms with E-state index in [2.05, 4.69) is 4.72 Å². The van der Waals surface area contributed by atoms with Gasteiger partial charge >= 0.3 is 5.69 Å². The highest BCUT2D eigenvalue weighted by Gasteiger charge is 2.16. The highest BCUT2D eigenvalue weighted by atomic mass is 32.2. The smallest absolute Gasteiger partial charge is 0.325 e. The molecule has 0 bridgehead atoms. The van der Waals surface area contributed by atoms with E-state index in [1.165, 1.54) is 0 Å². The Hall–Kier alpha value is -2.91. The summed E-state index contributed by atoms with van der Waals surface area (Å²) in [6.07, 6.45) is 1.14. The molecule has 0 saturated heterocycles. The van der Waals surface area contributed by atoms with Gasteiger partial charge in [0.2, 0.25) is 10.0 Å². The van der Waals surface area contributed by atoms with Gasteiger partial charge in [-0.05, 0) is 31.2 Å². The molecule has 0 fully saturated rings. The number of benzene rings is 2. The van der Waals surface area contributed by atoms with Gasteiger partial charge in [0.25, 0.3) is 0 Å². The van der Waals surface area contributed by atoms with E-state index >= 15 is 0 Å². The maximum atomic E-state index is 13.0. The van der Waals surface area contributed by atoms with E-state index in [1.807, 2.05) is 60.0 Å². The van der Waals surface area contributed by atoms with Crippen molar-refractivity contribution in [1.29, 1.82) is 0 Å². The van der Waals surface area contributed by atoms with Crippen molar-refractivity contribution in [2.45, 2.75) is 26.6 Å². The van der Waals surface area contributed by atoms with Crippen molar-refractivity contribution in [2.75, 3.05) is 12.8 Å². The summed E-state index contributed by atoms with van der Waals surface area (Å²) in [7, 11) is -3.28. The number of hydrogen-bond donors (Lipinski definition) is 1. The Balaban J connectivity index is 1.79. The largest absolute Gasteiger partial charge is 0.329 e. The fourth-order valence-electron chi connectivity index (χ4n) is 3.71. The van der Waals surface area contributed by atoms with E-state index in [4.69, 9.17) is 4.98 Å². The molecule has 2 aromatic heterocycles. The number of rotatable bonds is 7. The first kappa shape index (κ1) is 19.4. The molecule has 2 aromatic carbocycles. The van der Waals surface area contributed by atoms with Crippen molar-refractivity contribution >= 4 is 32.1 Å². The van der Waals surface area contributed by atoms with Crippen LogP contribution in [0.1, 0.15) is 12.7 Å². The molecular weight excluding hydrogens is 390 g/mol. The molecule has 1 N–H and O–H groups in total. The second kappa shape index (κ2) is 7.49. The fraction of sp³-hybridized carbons (Fsp3) is 0.300. The molecule has 0 radical (unpaired) electrons. The summed E-state index contributed by atoms with van der Waals surface area (Å²) in [5.41, 5.74) is 3.38. The van der Waals surface area contributed by atoms with Crippen molar-refractivity contribution in [2.24, 2.45) is 0 Å². The lowest BCUT2D eigenvalue weighted by Gasteiger charge is -2.10. The second-order valence-electron chi connectivity index (χ2n) is 6.94. The highest BCUT2D eigenvalue weighted by Crippen LogP contribution is 2.19. The van der Waals surface area contributed by atoms with Gasteiger partial charge < -0.3 is 4.57 Å². The molecule has 0 aliphatic rings. The van der Waals surface area contributed by atoms with Crippen LogP contribution in [0, 0.1) is 0 Å². The number of nitrogens with one attached hydrogen (secondary N) is 1. The van der Waals surface area contributed by atoms with E-state index in [1.54, 1.807) is 9.13 Å². The lowest BCUT2D eigenvalue weighted by atomic mass is 10.3. The highest BCUT2D eigenvalue weighted by molar-refractivity contribution is 7.88. The molecule has 0 saturated carbocycles. The zero-order chi connectivity index (χ0) is 20.6. The standard InChI is InChI=1S/C20H23N5O3S/c1-3-23-17-10-6-7-11-18(17)25(20(23)26)14-19-22-15-8-4-5-9-16(15)24(19)13-12-21-29(2,27)28/h4-11,21H,3,12-14H2,1-2H3. The third kappa shape index (κ3) is 3.70. The summed E-state index contributed by atoms with van der Waals surface area (Å²) in [6, 6.07) is 15.4. The fourth-order valence-corrected chi connectivity index (χ4v) is 4.17. The van der Waals surface area contributed by atoms with Crippen LogP contribution in [0.4, 0.5) is 0 Å². The second-order valence-corrected chi connectivity index (χ2v) is 8.77. The molecule has 152 valence electrons. The van der Waals surface area contributed by atoms with E-state index in [9.17, 15) is 13.2 Å². The summed E-state index contributed by atoms with van der Waals surface area (Å²) in [5, 5.41) is 0. The number of fused-ring (bicyclic) bond motifs is 2. The summed E-state index contributed by atoms with van der Waals surface area (Å²) in [6.45, 7) is 3.51. The Morgan fingerprint density at radius 3 is 2.21 bits per heavy atom. The average Bonchev–Trinajstić information content (AvgIpc) is 3.16. The van der Waals surface area contributed by atoms with Crippen molar-refractivity contribution < 1.29 is 8.42 Å². The van der Waals surface area contributed by atoms with Crippen LogP contribution in [-0.4, -0.2) is 39.9 Å².